The normalized spacial score (nSPS) is 12.6. The van der Waals surface area contributed by atoms with Gasteiger partial charge in [-0.1, -0.05) is 6.92 Å². The Morgan fingerprint density at radius 2 is 1.78 bits per heavy atom. The first-order valence-electron chi connectivity index (χ1n) is 7.00. The van der Waals surface area contributed by atoms with E-state index in [4.69, 9.17) is 4.74 Å². The summed E-state index contributed by atoms with van der Waals surface area (Å²) in [6, 6.07) is 4.52. The van der Waals surface area contributed by atoms with Crippen LogP contribution >= 0.6 is 0 Å². The van der Waals surface area contributed by atoms with E-state index in [1.54, 1.807) is 19.9 Å². The lowest BCUT2D eigenvalue weighted by Gasteiger charge is -2.14. The summed E-state index contributed by atoms with van der Waals surface area (Å²) in [5, 5.41) is 0. The molecule has 0 aliphatic heterocycles. The van der Waals surface area contributed by atoms with Crippen molar-refractivity contribution in [3.8, 4) is 5.75 Å². The molecule has 1 rings (SSSR count). The Bertz CT molecular complexity index is 730. The summed E-state index contributed by atoms with van der Waals surface area (Å²) < 4.78 is 58.1. The van der Waals surface area contributed by atoms with Gasteiger partial charge in [0.25, 0.3) is 10.2 Å². The maximum atomic E-state index is 11.9. The molecule has 1 aromatic rings. The number of rotatable bonds is 9. The fourth-order valence-corrected chi connectivity index (χ4v) is 3.41. The van der Waals surface area contributed by atoms with Crippen LogP contribution in [0.2, 0.25) is 0 Å². The first-order valence-corrected chi connectivity index (χ1v) is 9.92. The predicted molar refractivity (Wildman–Crippen MR) is 88.1 cm³/mol. The Morgan fingerprint density at radius 1 is 1.13 bits per heavy atom. The van der Waals surface area contributed by atoms with Crippen molar-refractivity contribution in [2.75, 3.05) is 33.8 Å². The van der Waals surface area contributed by atoms with Crippen molar-refractivity contribution in [2.45, 2.75) is 18.7 Å². The van der Waals surface area contributed by atoms with E-state index >= 15 is 0 Å². The summed E-state index contributed by atoms with van der Waals surface area (Å²) in [6.07, 6.45) is 0. The van der Waals surface area contributed by atoms with Crippen LogP contribution in [-0.4, -0.2) is 54.9 Å². The summed E-state index contributed by atoms with van der Waals surface area (Å²) in [7, 11) is -4.13. The zero-order chi connectivity index (χ0) is 17.7. The molecule has 0 radical (unpaired) electrons. The summed E-state index contributed by atoms with van der Waals surface area (Å²) in [5.74, 6) is 0.504. The fraction of sp³-hybridized carbons (Fsp3) is 0.538. The molecule has 0 saturated heterocycles. The van der Waals surface area contributed by atoms with Gasteiger partial charge in [-0.2, -0.15) is 17.4 Å². The molecule has 0 atom stereocenters. The lowest BCUT2D eigenvalue weighted by Crippen LogP contribution is -2.37. The summed E-state index contributed by atoms with van der Waals surface area (Å²) >= 11 is 0. The van der Waals surface area contributed by atoms with Crippen LogP contribution in [0.4, 0.5) is 0 Å². The Morgan fingerprint density at radius 3 is 2.30 bits per heavy atom. The van der Waals surface area contributed by atoms with Crippen LogP contribution in [0.1, 0.15) is 12.5 Å². The number of sulfonamides is 1. The Kier molecular flexibility index (Phi) is 6.96. The Labute approximate surface area is 138 Å². The SMILES string of the molecule is CCNS(=O)(=O)c1ccc(OCCNS(=O)(=O)N(C)C)c(C)c1. The second-order valence-corrected chi connectivity index (χ2v) is 8.69. The highest BCUT2D eigenvalue weighted by Crippen LogP contribution is 2.21. The predicted octanol–water partition coefficient (Wildman–Crippen LogP) is 0.0680. The van der Waals surface area contributed by atoms with Crippen molar-refractivity contribution in [3.05, 3.63) is 23.8 Å². The van der Waals surface area contributed by atoms with Crippen LogP contribution in [0.3, 0.4) is 0 Å². The maximum absolute atomic E-state index is 11.9. The van der Waals surface area contributed by atoms with Crippen LogP contribution in [-0.2, 0) is 20.2 Å². The highest BCUT2D eigenvalue weighted by molar-refractivity contribution is 7.89. The molecule has 0 saturated carbocycles. The van der Waals surface area contributed by atoms with Gasteiger partial charge in [-0.25, -0.2) is 13.1 Å². The molecular formula is C13H23N3O5S2. The second kappa shape index (κ2) is 8.06. The van der Waals surface area contributed by atoms with Crippen molar-refractivity contribution in [2.24, 2.45) is 0 Å². The van der Waals surface area contributed by atoms with Gasteiger partial charge in [0, 0.05) is 27.2 Å². The zero-order valence-electron chi connectivity index (χ0n) is 13.7. The number of hydrogen-bond acceptors (Lipinski definition) is 5. The second-order valence-electron chi connectivity index (χ2n) is 4.96. The molecule has 0 aliphatic carbocycles. The molecule has 0 spiro atoms. The molecule has 10 heteroatoms. The maximum Gasteiger partial charge on any atom is 0.279 e. The molecule has 0 aromatic heterocycles. The molecule has 2 N–H and O–H groups in total. The molecule has 132 valence electrons. The van der Waals surface area contributed by atoms with E-state index in [-0.39, 0.29) is 18.0 Å². The summed E-state index contributed by atoms with van der Waals surface area (Å²) in [4.78, 5) is 0.164. The van der Waals surface area contributed by atoms with Crippen LogP contribution in [0, 0.1) is 6.92 Å². The number of nitrogens with one attached hydrogen (secondary N) is 2. The van der Waals surface area contributed by atoms with Gasteiger partial charge in [0.05, 0.1) is 4.90 Å². The van der Waals surface area contributed by atoms with E-state index in [2.05, 4.69) is 9.44 Å². The fourth-order valence-electron chi connectivity index (χ4n) is 1.69. The third-order valence-corrected chi connectivity index (χ3v) is 5.99. The zero-order valence-corrected chi connectivity index (χ0v) is 15.3. The lowest BCUT2D eigenvalue weighted by molar-refractivity contribution is 0.319. The molecule has 0 fully saturated rings. The topological polar surface area (TPSA) is 105 Å². The van der Waals surface area contributed by atoms with Crippen molar-refractivity contribution in [1.82, 2.24) is 13.7 Å². The molecule has 0 bridgehead atoms. The van der Waals surface area contributed by atoms with Gasteiger partial charge in [-0.05, 0) is 30.7 Å². The number of aryl methyl sites for hydroxylation is 1. The van der Waals surface area contributed by atoms with Gasteiger partial charge < -0.3 is 4.74 Å². The Balaban J connectivity index is 2.67. The molecule has 1 aromatic carbocycles. The van der Waals surface area contributed by atoms with Gasteiger partial charge in [0.2, 0.25) is 10.0 Å². The molecule has 0 unspecified atom stereocenters. The summed E-state index contributed by atoms with van der Waals surface area (Å²) in [5.41, 5.74) is 0.652. The smallest absolute Gasteiger partial charge is 0.279 e. The monoisotopic (exact) mass is 365 g/mol. The first kappa shape index (κ1) is 19.8. The quantitative estimate of drug-likeness (QED) is 0.603. The lowest BCUT2D eigenvalue weighted by atomic mass is 10.2. The molecule has 8 nitrogen and oxygen atoms in total. The molecular weight excluding hydrogens is 342 g/mol. The first-order chi connectivity index (χ1) is 10.6. The average Bonchev–Trinajstić information content (AvgIpc) is 2.44. The van der Waals surface area contributed by atoms with Crippen molar-refractivity contribution < 1.29 is 21.6 Å². The van der Waals surface area contributed by atoms with Crippen LogP contribution < -0.4 is 14.2 Å². The van der Waals surface area contributed by atoms with Gasteiger partial charge in [0.1, 0.15) is 12.4 Å². The van der Waals surface area contributed by atoms with Gasteiger partial charge >= 0.3 is 0 Å². The highest BCUT2D eigenvalue weighted by atomic mass is 32.2. The third-order valence-electron chi connectivity index (χ3n) is 2.92. The van der Waals surface area contributed by atoms with E-state index in [1.807, 2.05) is 0 Å². The average molecular weight is 365 g/mol. The Hall–Kier alpha value is -1.20. The highest BCUT2D eigenvalue weighted by Gasteiger charge is 2.15. The minimum Gasteiger partial charge on any atom is -0.492 e. The van der Waals surface area contributed by atoms with Crippen molar-refractivity contribution in [1.29, 1.82) is 0 Å². The van der Waals surface area contributed by atoms with Crippen LogP contribution in [0.25, 0.3) is 0 Å². The largest absolute Gasteiger partial charge is 0.492 e. The van der Waals surface area contributed by atoms with E-state index in [1.165, 1.54) is 26.2 Å². The van der Waals surface area contributed by atoms with E-state index < -0.39 is 20.2 Å². The van der Waals surface area contributed by atoms with E-state index in [0.29, 0.717) is 17.9 Å². The van der Waals surface area contributed by atoms with Crippen molar-refractivity contribution >= 4 is 20.2 Å². The van der Waals surface area contributed by atoms with Crippen molar-refractivity contribution in [3.63, 3.8) is 0 Å². The number of nitrogens with zero attached hydrogens (tertiary/aromatic N) is 1. The van der Waals surface area contributed by atoms with E-state index in [0.717, 1.165) is 4.31 Å². The minimum atomic E-state index is -3.51. The standard InChI is InChI=1S/C13H23N3O5S2/c1-5-14-22(17,18)12-6-7-13(11(2)10-12)21-9-8-15-23(19,20)16(3)4/h6-7,10,14-15H,5,8-9H2,1-4H3. The van der Waals surface area contributed by atoms with Crippen LogP contribution in [0.15, 0.2) is 23.1 Å². The number of hydrogen-bond donors (Lipinski definition) is 2. The minimum absolute atomic E-state index is 0.109. The van der Waals surface area contributed by atoms with Gasteiger partial charge in [0.15, 0.2) is 0 Å². The number of ether oxygens (including phenoxy) is 1. The molecule has 23 heavy (non-hydrogen) atoms. The van der Waals surface area contributed by atoms with Crippen LogP contribution in [0.5, 0.6) is 5.75 Å². The molecule has 0 aliphatic rings. The summed E-state index contributed by atoms with van der Waals surface area (Å²) in [6.45, 7) is 3.98. The van der Waals surface area contributed by atoms with Gasteiger partial charge in [-0.15, -0.1) is 0 Å². The van der Waals surface area contributed by atoms with E-state index in [9.17, 15) is 16.8 Å². The molecule has 0 amide bonds. The van der Waals surface area contributed by atoms with Gasteiger partial charge in [-0.3, -0.25) is 0 Å². The third kappa shape index (κ3) is 5.74. The molecule has 0 heterocycles. The number of benzene rings is 1.